The maximum Gasteiger partial charge on any atom is 0.290 e. The van der Waals surface area contributed by atoms with Crippen LogP contribution >= 0.6 is 0 Å². The second kappa shape index (κ2) is 11.8. The van der Waals surface area contributed by atoms with Gasteiger partial charge >= 0.3 is 0 Å². The van der Waals surface area contributed by atoms with Crippen LogP contribution in [0.25, 0.3) is 22.2 Å². The Bertz CT molecular complexity index is 1650. The second-order valence-corrected chi connectivity index (χ2v) is 11.6. The van der Waals surface area contributed by atoms with E-state index >= 15 is 0 Å². The fourth-order valence-electron chi connectivity index (χ4n) is 6.10. The van der Waals surface area contributed by atoms with Crippen LogP contribution in [0.2, 0.25) is 0 Å². The van der Waals surface area contributed by atoms with Crippen LogP contribution < -0.4 is 16.0 Å². The molecule has 0 spiro atoms. The van der Waals surface area contributed by atoms with Crippen molar-refractivity contribution < 1.29 is 9.53 Å². The van der Waals surface area contributed by atoms with Gasteiger partial charge in [0.15, 0.2) is 5.82 Å². The van der Waals surface area contributed by atoms with E-state index in [-0.39, 0.29) is 29.3 Å². The number of nitrogens with two attached hydrogens (primary N) is 1. The minimum Gasteiger partial charge on any atom is -0.490 e. The van der Waals surface area contributed by atoms with Crippen molar-refractivity contribution >= 4 is 22.6 Å². The summed E-state index contributed by atoms with van der Waals surface area (Å²) in [5.74, 6) is 1.18. The lowest BCUT2D eigenvalue weighted by molar-refractivity contribution is -0.127. The van der Waals surface area contributed by atoms with E-state index in [1.54, 1.807) is 10.8 Å². The SMILES string of the molecule is CN(C)C/C=C/C(=O)N1CCC[C@@H](Cn2nc(-c3ccc(OC4Cc5ccccc5C4)cc3)c3c(N)n[nH]c(=O)c32)C1. The first-order chi connectivity index (χ1) is 20.4. The lowest BCUT2D eigenvalue weighted by atomic mass is 9.98. The van der Waals surface area contributed by atoms with Crippen molar-refractivity contribution in [3.63, 3.8) is 0 Å². The summed E-state index contributed by atoms with van der Waals surface area (Å²) >= 11 is 0. The van der Waals surface area contributed by atoms with Gasteiger partial charge in [-0.3, -0.25) is 14.3 Å². The van der Waals surface area contributed by atoms with Gasteiger partial charge in [0.05, 0.1) is 5.39 Å². The summed E-state index contributed by atoms with van der Waals surface area (Å²) in [5, 5.41) is 12.0. The Morgan fingerprint density at radius 3 is 2.60 bits per heavy atom. The molecule has 0 radical (unpaired) electrons. The smallest absolute Gasteiger partial charge is 0.290 e. The highest BCUT2D eigenvalue weighted by molar-refractivity contribution is 5.99. The van der Waals surface area contributed by atoms with Gasteiger partial charge in [-0.15, -0.1) is 0 Å². The Morgan fingerprint density at radius 2 is 1.88 bits per heavy atom. The van der Waals surface area contributed by atoms with Crippen molar-refractivity contribution in [2.24, 2.45) is 5.92 Å². The number of aromatic amines is 1. The Labute approximate surface area is 244 Å². The highest BCUT2D eigenvalue weighted by atomic mass is 16.5. The zero-order chi connectivity index (χ0) is 29.2. The molecule has 3 N–H and O–H groups in total. The largest absolute Gasteiger partial charge is 0.490 e. The number of ether oxygens (including phenoxy) is 1. The third-order valence-electron chi connectivity index (χ3n) is 8.14. The Hall–Kier alpha value is -4.44. The fraction of sp³-hybridized carbons (Fsp3) is 0.375. The Balaban J connectivity index is 1.21. The van der Waals surface area contributed by atoms with Crippen molar-refractivity contribution in [1.29, 1.82) is 0 Å². The Kier molecular flexibility index (Phi) is 7.80. The number of likely N-dealkylation sites (tertiary alicyclic amines) is 1. The van der Waals surface area contributed by atoms with Gasteiger partial charge in [-0.05, 0) is 68.2 Å². The van der Waals surface area contributed by atoms with Crippen LogP contribution in [0, 0.1) is 5.92 Å². The normalized spacial score (nSPS) is 17.4. The molecule has 1 atom stereocenters. The third kappa shape index (κ3) is 5.80. The number of hydrogen-bond acceptors (Lipinski definition) is 7. The number of nitrogen functional groups attached to an aromatic ring is 1. The predicted molar refractivity (Wildman–Crippen MR) is 163 cm³/mol. The third-order valence-corrected chi connectivity index (χ3v) is 8.14. The molecule has 3 heterocycles. The predicted octanol–water partition coefficient (Wildman–Crippen LogP) is 3.27. The number of hydrogen-bond donors (Lipinski definition) is 2. The molecule has 42 heavy (non-hydrogen) atoms. The number of nitrogens with zero attached hydrogens (tertiary/aromatic N) is 5. The quantitative estimate of drug-likeness (QED) is 0.313. The van der Waals surface area contributed by atoms with Crippen LogP contribution in [-0.2, 0) is 24.2 Å². The highest BCUT2D eigenvalue weighted by Gasteiger charge is 2.26. The van der Waals surface area contributed by atoms with Gasteiger partial charge in [0.2, 0.25) is 5.91 Å². The number of carbonyl (C=O) groups is 1. The van der Waals surface area contributed by atoms with Gasteiger partial charge in [-0.25, -0.2) is 5.10 Å². The topological polar surface area (TPSA) is 122 Å². The van der Waals surface area contributed by atoms with Gasteiger partial charge in [-0.2, -0.15) is 10.2 Å². The number of fused-ring (bicyclic) bond motifs is 2. The molecule has 10 heteroatoms. The van der Waals surface area contributed by atoms with Crippen LogP contribution in [0.5, 0.6) is 5.75 Å². The summed E-state index contributed by atoms with van der Waals surface area (Å²) in [4.78, 5) is 29.7. The molecular formula is C32H37N7O3. The molecule has 1 aliphatic carbocycles. The minimum atomic E-state index is -0.339. The van der Waals surface area contributed by atoms with Crippen molar-refractivity contribution in [1.82, 2.24) is 29.8 Å². The molecule has 1 fully saturated rings. The first-order valence-electron chi connectivity index (χ1n) is 14.5. The van der Waals surface area contributed by atoms with Gasteiger partial charge in [0.1, 0.15) is 23.1 Å². The van der Waals surface area contributed by atoms with Crippen molar-refractivity contribution in [3.8, 4) is 17.0 Å². The maximum atomic E-state index is 13.0. The zero-order valence-electron chi connectivity index (χ0n) is 24.1. The van der Waals surface area contributed by atoms with Crippen molar-refractivity contribution in [2.75, 3.05) is 39.5 Å². The average molecular weight is 568 g/mol. The molecule has 0 saturated carbocycles. The first kappa shape index (κ1) is 27.7. The average Bonchev–Trinajstić information content (AvgIpc) is 3.57. The van der Waals surface area contributed by atoms with E-state index in [9.17, 15) is 9.59 Å². The lowest BCUT2D eigenvalue weighted by Crippen LogP contribution is -2.40. The monoisotopic (exact) mass is 567 g/mol. The molecule has 0 bridgehead atoms. The maximum absolute atomic E-state index is 13.0. The number of rotatable bonds is 8. The molecule has 0 unspecified atom stereocenters. The molecule has 10 nitrogen and oxygen atoms in total. The number of likely N-dealkylation sites (N-methyl/N-ethyl adjacent to an activating group) is 1. The number of piperidine rings is 1. The van der Waals surface area contributed by atoms with E-state index in [1.807, 2.05) is 54.2 Å². The molecule has 2 aromatic carbocycles. The highest BCUT2D eigenvalue weighted by Crippen LogP contribution is 2.32. The van der Waals surface area contributed by atoms with Crippen molar-refractivity contribution in [3.05, 3.63) is 82.2 Å². The summed E-state index contributed by atoms with van der Waals surface area (Å²) < 4.78 is 8.03. The van der Waals surface area contributed by atoms with E-state index in [0.29, 0.717) is 36.2 Å². The second-order valence-electron chi connectivity index (χ2n) is 11.6. The molecular weight excluding hydrogens is 530 g/mol. The number of nitrogens with one attached hydrogen (secondary N) is 1. The summed E-state index contributed by atoms with van der Waals surface area (Å²) in [7, 11) is 3.94. The van der Waals surface area contributed by atoms with Gasteiger partial charge in [0, 0.05) is 50.7 Å². The van der Waals surface area contributed by atoms with Crippen LogP contribution in [0.3, 0.4) is 0 Å². The molecule has 4 aromatic rings. The van der Waals surface area contributed by atoms with E-state index in [2.05, 4.69) is 34.5 Å². The molecule has 1 saturated heterocycles. The van der Waals surface area contributed by atoms with E-state index in [1.165, 1.54) is 11.1 Å². The molecule has 1 aliphatic heterocycles. The standard InChI is InChI=1S/C32H37N7O3/c1-37(2)15-6-10-27(40)38-16-5-7-21(19-38)20-39-30-28(31(33)34-35-32(30)41)29(36-39)22-11-13-25(14-12-22)42-26-17-23-8-3-4-9-24(23)18-26/h3-4,6,8-14,21,26H,5,7,15-20H2,1-2H3,(H2,33,34)(H,35,41)/b10-6+/t21-/m1/s1. The van der Waals surface area contributed by atoms with Crippen LogP contribution in [0.15, 0.2) is 65.5 Å². The number of anilines is 1. The summed E-state index contributed by atoms with van der Waals surface area (Å²) in [6.07, 6.45) is 7.28. The summed E-state index contributed by atoms with van der Waals surface area (Å²) in [5.41, 5.74) is 10.5. The number of benzene rings is 2. The fourth-order valence-corrected chi connectivity index (χ4v) is 6.10. The zero-order valence-corrected chi connectivity index (χ0v) is 24.1. The van der Waals surface area contributed by atoms with Gasteiger partial charge < -0.3 is 20.3 Å². The molecule has 2 aromatic heterocycles. The number of carbonyl (C=O) groups excluding carboxylic acids is 1. The van der Waals surface area contributed by atoms with E-state index < -0.39 is 0 Å². The van der Waals surface area contributed by atoms with Crippen LogP contribution in [0.4, 0.5) is 5.82 Å². The van der Waals surface area contributed by atoms with Gasteiger partial charge in [-0.1, -0.05) is 30.3 Å². The minimum absolute atomic E-state index is 0.0163. The number of aromatic nitrogens is 4. The summed E-state index contributed by atoms with van der Waals surface area (Å²) in [6.45, 7) is 2.55. The summed E-state index contributed by atoms with van der Waals surface area (Å²) in [6, 6.07) is 16.2. The number of amides is 1. The van der Waals surface area contributed by atoms with Crippen LogP contribution in [0.1, 0.15) is 24.0 Å². The van der Waals surface area contributed by atoms with Gasteiger partial charge in [0.25, 0.3) is 5.56 Å². The molecule has 218 valence electrons. The number of H-pyrrole nitrogens is 1. The lowest BCUT2D eigenvalue weighted by Gasteiger charge is -2.32. The Morgan fingerprint density at radius 1 is 1.14 bits per heavy atom. The van der Waals surface area contributed by atoms with E-state index in [4.69, 9.17) is 15.6 Å². The van der Waals surface area contributed by atoms with Crippen molar-refractivity contribution in [2.45, 2.75) is 38.3 Å². The first-order valence-corrected chi connectivity index (χ1v) is 14.5. The molecule has 1 amide bonds. The molecule has 6 rings (SSSR count). The van der Waals surface area contributed by atoms with E-state index in [0.717, 1.165) is 43.5 Å². The molecule has 2 aliphatic rings. The van der Waals surface area contributed by atoms with Crippen LogP contribution in [-0.4, -0.2) is 75.5 Å².